The van der Waals surface area contributed by atoms with Crippen molar-refractivity contribution in [1.82, 2.24) is 4.90 Å². The number of imide groups is 1. The summed E-state index contributed by atoms with van der Waals surface area (Å²) in [4.78, 5) is 74.9. The maximum absolute atomic E-state index is 13.6. The molecule has 3 aromatic rings. The number of fused-ring (bicyclic) bond motifs is 1. The van der Waals surface area contributed by atoms with E-state index < -0.39 is 58.1 Å². The minimum Gasteiger partial charge on any atom is -0.478 e. The van der Waals surface area contributed by atoms with Crippen molar-refractivity contribution >= 4 is 41.0 Å². The standard InChI is InChI=1S/C24H15N3O9/c28-20-15-7-1-2-8-16(15)21(29)26(20)12-25(14-6-3-5-13(11-14)23(31)32)22(30)17-9-4-10-18(27(35)36)19(17)24(33)34/h1-11H,12H2,(H,31,32)(H,33,34). The molecule has 1 aliphatic rings. The van der Waals surface area contributed by atoms with E-state index in [1.807, 2.05) is 0 Å². The van der Waals surface area contributed by atoms with Gasteiger partial charge in [-0.1, -0.05) is 24.3 Å². The van der Waals surface area contributed by atoms with Crippen molar-refractivity contribution in [2.75, 3.05) is 11.6 Å². The van der Waals surface area contributed by atoms with Gasteiger partial charge in [-0.3, -0.25) is 34.3 Å². The lowest BCUT2D eigenvalue weighted by Crippen LogP contribution is -2.44. The summed E-state index contributed by atoms with van der Waals surface area (Å²) in [6.07, 6.45) is 0. The van der Waals surface area contributed by atoms with E-state index >= 15 is 0 Å². The third-order valence-electron chi connectivity index (χ3n) is 5.49. The summed E-state index contributed by atoms with van der Waals surface area (Å²) in [7, 11) is 0. The quantitative estimate of drug-likeness (QED) is 0.287. The smallest absolute Gasteiger partial charge is 0.343 e. The van der Waals surface area contributed by atoms with Gasteiger partial charge in [0.2, 0.25) is 0 Å². The summed E-state index contributed by atoms with van der Waals surface area (Å²) >= 11 is 0. The molecular weight excluding hydrogens is 474 g/mol. The monoisotopic (exact) mass is 489 g/mol. The zero-order valence-corrected chi connectivity index (χ0v) is 18.2. The summed E-state index contributed by atoms with van der Waals surface area (Å²) in [5.74, 6) is -5.62. The van der Waals surface area contributed by atoms with E-state index in [4.69, 9.17) is 0 Å². The van der Waals surface area contributed by atoms with E-state index in [0.29, 0.717) is 0 Å². The predicted molar refractivity (Wildman–Crippen MR) is 122 cm³/mol. The van der Waals surface area contributed by atoms with E-state index in [0.717, 1.165) is 34.1 Å². The van der Waals surface area contributed by atoms with Crippen molar-refractivity contribution in [2.24, 2.45) is 0 Å². The van der Waals surface area contributed by atoms with Crippen molar-refractivity contribution in [3.05, 3.63) is 105 Å². The van der Waals surface area contributed by atoms with Gasteiger partial charge in [0, 0.05) is 11.8 Å². The Bertz CT molecular complexity index is 1450. The van der Waals surface area contributed by atoms with Crippen LogP contribution in [0, 0.1) is 10.1 Å². The van der Waals surface area contributed by atoms with Gasteiger partial charge in [-0.25, -0.2) is 9.59 Å². The summed E-state index contributed by atoms with van der Waals surface area (Å²) in [5.41, 5.74) is -2.45. The highest BCUT2D eigenvalue weighted by Gasteiger charge is 2.38. The van der Waals surface area contributed by atoms with Crippen LogP contribution < -0.4 is 4.90 Å². The van der Waals surface area contributed by atoms with Gasteiger partial charge in [0.15, 0.2) is 0 Å². The normalized spacial score (nSPS) is 12.3. The molecule has 2 N–H and O–H groups in total. The first-order valence-electron chi connectivity index (χ1n) is 10.2. The summed E-state index contributed by atoms with van der Waals surface area (Å²) in [6.45, 7) is -0.712. The van der Waals surface area contributed by atoms with E-state index in [9.17, 15) is 44.3 Å². The van der Waals surface area contributed by atoms with Gasteiger partial charge in [0.05, 0.1) is 27.2 Å². The highest BCUT2D eigenvalue weighted by atomic mass is 16.6. The molecule has 0 saturated carbocycles. The molecule has 0 unspecified atom stereocenters. The van der Waals surface area contributed by atoms with Crippen molar-refractivity contribution in [3.8, 4) is 0 Å². The van der Waals surface area contributed by atoms with Gasteiger partial charge in [-0.05, 0) is 36.4 Å². The van der Waals surface area contributed by atoms with Crippen LogP contribution in [0.1, 0.15) is 51.8 Å². The fourth-order valence-corrected chi connectivity index (χ4v) is 3.82. The number of hydrogen-bond acceptors (Lipinski definition) is 7. The SMILES string of the molecule is O=C(O)c1cccc(N(CN2C(=O)c3ccccc3C2=O)C(=O)c2cccc([N+](=O)[O-])c2C(=O)O)c1. The number of anilines is 1. The van der Waals surface area contributed by atoms with E-state index in [2.05, 4.69) is 0 Å². The Balaban J connectivity index is 1.85. The predicted octanol–water partition coefficient (Wildman–Crippen LogP) is 2.89. The molecule has 4 rings (SSSR count). The molecule has 36 heavy (non-hydrogen) atoms. The van der Waals surface area contributed by atoms with E-state index in [1.165, 1.54) is 30.3 Å². The number of rotatable bonds is 7. The van der Waals surface area contributed by atoms with Gasteiger partial charge in [0.1, 0.15) is 12.2 Å². The Morgan fingerprint density at radius 1 is 0.861 bits per heavy atom. The molecular formula is C24H15N3O9. The second kappa shape index (κ2) is 9.10. The fraction of sp³-hybridized carbons (Fsp3) is 0.0417. The van der Waals surface area contributed by atoms with Crippen LogP contribution in [0.4, 0.5) is 11.4 Å². The Morgan fingerprint density at radius 2 is 1.47 bits per heavy atom. The first kappa shape index (κ1) is 23.8. The molecule has 0 fully saturated rings. The number of amides is 3. The van der Waals surface area contributed by atoms with Gasteiger partial charge >= 0.3 is 11.9 Å². The number of hydrogen-bond donors (Lipinski definition) is 2. The third kappa shape index (κ3) is 4.03. The van der Waals surface area contributed by atoms with Gasteiger partial charge in [-0.15, -0.1) is 0 Å². The van der Waals surface area contributed by atoms with Crippen LogP contribution >= 0.6 is 0 Å². The Kier molecular flexibility index (Phi) is 6.00. The first-order chi connectivity index (χ1) is 17.1. The third-order valence-corrected chi connectivity index (χ3v) is 5.49. The van der Waals surface area contributed by atoms with Gasteiger partial charge in [0.25, 0.3) is 23.4 Å². The molecule has 180 valence electrons. The molecule has 0 bridgehead atoms. The number of nitro groups is 1. The lowest BCUT2D eigenvalue weighted by atomic mass is 10.0. The molecule has 1 heterocycles. The lowest BCUT2D eigenvalue weighted by molar-refractivity contribution is -0.385. The lowest BCUT2D eigenvalue weighted by Gasteiger charge is -2.27. The number of carbonyl (C=O) groups excluding carboxylic acids is 3. The number of nitrogens with zero attached hydrogens (tertiary/aromatic N) is 3. The van der Waals surface area contributed by atoms with Crippen LogP contribution in [0.2, 0.25) is 0 Å². The van der Waals surface area contributed by atoms with Crippen molar-refractivity contribution in [3.63, 3.8) is 0 Å². The zero-order valence-electron chi connectivity index (χ0n) is 18.2. The Hall–Kier alpha value is -5.39. The average molecular weight is 489 g/mol. The number of carbonyl (C=O) groups is 5. The molecule has 1 aliphatic heterocycles. The first-order valence-corrected chi connectivity index (χ1v) is 10.2. The Labute approximate surface area is 201 Å². The zero-order chi connectivity index (χ0) is 26.1. The summed E-state index contributed by atoms with van der Waals surface area (Å²) < 4.78 is 0. The highest BCUT2D eigenvalue weighted by molar-refractivity contribution is 6.22. The molecule has 0 aromatic heterocycles. The second-order valence-corrected chi connectivity index (χ2v) is 7.58. The molecule has 0 aliphatic carbocycles. The van der Waals surface area contributed by atoms with E-state index in [-0.39, 0.29) is 22.4 Å². The molecule has 0 radical (unpaired) electrons. The summed E-state index contributed by atoms with van der Waals surface area (Å²) in [5, 5.41) is 30.4. The van der Waals surface area contributed by atoms with Crippen LogP contribution in [0.15, 0.2) is 66.7 Å². The van der Waals surface area contributed by atoms with Crippen LogP contribution in [0.3, 0.4) is 0 Å². The topological polar surface area (TPSA) is 175 Å². The molecule has 0 saturated heterocycles. The summed E-state index contributed by atoms with van der Waals surface area (Å²) in [6, 6.07) is 14.0. The minimum absolute atomic E-state index is 0.0840. The van der Waals surface area contributed by atoms with Crippen molar-refractivity contribution in [2.45, 2.75) is 0 Å². The van der Waals surface area contributed by atoms with Gasteiger partial charge < -0.3 is 10.2 Å². The Morgan fingerprint density at radius 3 is 2.03 bits per heavy atom. The molecule has 3 amide bonds. The maximum atomic E-state index is 13.6. The molecule has 3 aromatic carbocycles. The van der Waals surface area contributed by atoms with Crippen LogP contribution in [0.25, 0.3) is 0 Å². The van der Waals surface area contributed by atoms with Crippen LogP contribution in [-0.4, -0.2) is 56.4 Å². The van der Waals surface area contributed by atoms with Crippen molar-refractivity contribution < 1.29 is 39.1 Å². The number of carboxylic acid groups (broad SMARTS) is 2. The van der Waals surface area contributed by atoms with Crippen LogP contribution in [-0.2, 0) is 0 Å². The number of nitro benzene ring substituents is 1. The minimum atomic E-state index is -1.74. The van der Waals surface area contributed by atoms with Crippen LogP contribution in [0.5, 0.6) is 0 Å². The largest absolute Gasteiger partial charge is 0.478 e. The molecule has 12 heteroatoms. The van der Waals surface area contributed by atoms with Crippen molar-refractivity contribution in [1.29, 1.82) is 0 Å². The second-order valence-electron chi connectivity index (χ2n) is 7.58. The average Bonchev–Trinajstić information content (AvgIpc) is 3.11. The molecule has 0 atom stereocenters. The molecule has 0 spiro atoms. The maximum Gasteiger partial charge on any atom is 0.343 e. The van der Waals surface area contributed by atoms with Gasteiger partial charge in [-0.2, -0.15) is 0 Å². The fourth-order valence-electron chi connectivity index (χ4n) is 3.82. The number of aromatic carboxylic acids is 2. The number of carboxylic acids is 2. The molecule has 12 nitrogen and oxygen atoms in total. The highest BCUT2D eigenvalue weighted by Crippen LogP contribution is 2.29. The number of benzene rings is 3. The van der Waals surface area contributed by atoms with E-state index in [1.54, 1.807) is 12.1 Å².